The monoisotopic (exact) mass is 345 g/mol. The smallest absolute Gasteiger partial charge is 0.288 e. The first-order valence-electron chi connectivity index (χ1n) is 7.65. The Hall–Kier alpha value is -2.60. The first-order valence-corrected chi connectivity index (χ1v) is 8.03. The van der Waals surface area contributed by atoms with Gasteiger partial charge in [-0.15, -0.1) is 0 Å². The molecule has 0 aromatic heterocycles. The third-order valence-electron chi connectivity index (χ3n) is 4.00. The number of halogens is 1. The van der Waals surface area contributed by atoms with E-state index < -0.39 is 10.8 Å². The van der Waals surface area contributed by atoms with Gasteiger partial charge in [0.15, 0.2) is 0 Å². The van der Waals surface area contributed by atoms with Gasteiger partial charge in [0.1, 0.15) is 5.02 Å². The maximum Gasteiger partial charge on any atom is 0.288 e. The molecule has 0 spiro atoms. The summed E-state index contributed by atoms with van der Waals surface area (Å²) in [6.45, 7) is 1.92. The number of nitro benzene ring substituents is 1. The number of benzene rings is 2. The zero-order valence-corrected chi connectivity index (χ0v) is 13.6. The Bertz CT molecular complexity index is 788. The third-order valence-corrected chi connectivity index (χ3v) is 4.32. The highest BCUT2D eigenvalue weighted by molar-refractivity contribution is 6.32. The molecule has 7 heteroatoms. The molecular formula is C17H16ClN3O3. The minimum absolute atomic E-state index is 0.00835. The molecule has 1 aliphatic heterocycles. The Balaban J connectivity index is 1.85. The van der Waals surface area contributed by atoms with Crippen LogP contribution in [-0.2, 0) is 0 Å². The van der Waals surface area contributed by atoms with E-state index in [1.807, 2.05) is 24.3 Å². The van der Waals surface area contributed by atoms with Gasteiger partial charge in [-0.05, 0) is 37.1 Å². The van der Waals surface area contributed by atoms with Gasteiger partial charge in [0, 0.05) is 24.7 Å². The fraction of sp³-hybridized carbons (Fsp3) is 0.235. The lowest BCUT2D eigenvalue weighted by Gasteiger charge is -2.21. The van der Waals surface area contributed by atoms with Crippen LogP contribution in [0, 0.1) is 10.1 Å². The predicted octanol–water partition coefficient (Wildman–Crippen LogP) is 4.10. The number of carbonyl (C=O) groups is 1. The van der Waals surface area contributed by atoms with Gasteiger partial charge in [-0.3, -0.25) is 14.9 Å². The number of anilines is 2. The van der Waals surface area contributed by atoms with Crippen LogP contribution in [0.4, 0.5) is 17.1 Å². The second-order valence-corrected chi connectivity index (χ2v) is 6.00. The molecule has 24 heavy (non-hydrogen) atoms. The Morgan fingerprint density at radius 1 is 1.17 bits per heavy atom. The summed E-state index contributed by atoms with van der Waals surface area (Å²) in [5.41, 5.74) is 1.58. The van der Waals surface area contributed by atoms with E-state index in [1.165, 1.54) is 18.2 Å². The molecule has 2 aromatic carbocycles. The molecule has 1 fully saturated rings. The Labute approximate surface area is 144 Å². The first kappa shape index (κ1) is 16.3. The molecule has 0 aliphatic carbocycles. The number of nitrogens with zero attached hydrogens (tertiary/aromatic N) is 2. The molecule has 0 bridgehead atoms. The van der Waals surface area contributed by atoms with Crippen LogP contribution in [0.5, 0.6) is 0 Å². The van der Waals surface area contributed by atoms with E-state index >= 15 is 0 Å². The van der Waals surface area contributed by atoms with Gasteiger partial charge < -0.3 is 10.2 Å². The van der Waals surface area contributed by atoms with Crippen molar-refractivity contribution in [1.29, 1.82) is 0 Å². The molecule has 1 aliphatic rings. The van der Waals surface area contributed by atoms with Crippen molar-refractivity contribution in [2.75, 3.05) is 23.3 Å². The van der Waals surface area contributed by atoms with E-state index in [9.17, 15) is 14.9 Å². The molecule has 2 aromatic rings. The largest absolute Gasteiger partial charge is 0.370 e. The highest BCUT2D eigenvalue weighted by atomic mass is 35.5. The summed E-state index contributed by atoms with van der Waals surface area (Å²) in [6.07, 6.45) is 2.26. The number of nitrogens with one attached hydrogen (secondary N) is 1. The molecule has 0 radical (unpaired) electrons. The van der Waals surface area contributed by atoms with Gasteiger partial charge in [-0.25, -0.2) is 0 Å². The summed E-state index contributed by atoms with van der Waals surface area (Å²) in [5.74, 6) is -0.401. The molecule has 0 atom stereocenters. The van der Waals surface area contributed by atoms with Crippen molar-refractivity contribution in [3.63, 3.8) is 0 Å². The van der Waals surface area contributed by atoms with Crippen LogP contribution in [0.25, 0.3) is 0 Å². The topological polar surface area (TPSA) is 75.5 Å². The molecule has 1 heterocycles. The summed E-state index contributed by atoms with van der Waals surface area (Å²) >= 11 is 5.79. The summed E-state index contributed by atoms with van der Waals surface area (Å²) in [6, 6.07) is 11.6. The van der Waals surface area contributed by atoms with E-state index in [4.69, 9.17) is 11.6 Å². The van der Waals surface area contributed by atoms with Crippen LogP contribution in [-0.4, -0.2) is 23.9 Å². The summed E-state index contributed by atoms with van der Waals surface area (Å²) < 4.78 is 0. The Morgan fingerprint density at radius 2 is 1.88 bits per heavy atom. The van der Waals surface area contributed by atoms with Crippen LogP contribution in [0.3, 0.4) is 0 Å². The second kappa shape index (κ2) is 6.88. The van der Waals surface area contributed by atoms with Crippen molar-refractivity contribution in [3.05, 3.63) is 63.2 Å². The average molecular weight is 346 g/mol. The van der Waals surface area contributed by atoms with Crippen LogP contribution < -0.4 is 10.2 Å². The summed E-state index contributed by atoms with van der Waals surface area (Å²) in [4.78, 5) is 25.1. The van der Waals surface area contributed by atoms with Crippen molar-refractivity contribution in [2.45, 2.75) is 12.8 Å². The van der Waals surface area contributed by atoms with Crippen LogP contribution >= 0.6 is 11.6 Å². The Morgan fingerprint density at radius 3 is 2.58 bits per heavy atom. The zero-order chi connectivity index (χ0) is 17.1. The number of carbonyl (C=O) groups excluding carboxylic acids is 1. The van der Waals surface area contributed by atoms with Crippen molar-refractivity contribution in [2.24, 2.45) is 0 Å². The highest BCUT2D eigenvalue weighted by Crippen LogP contribution is 2.30. The van der Waals surface area contributed by atoms with Gasteiger partial charge in [0.2, 0.25) is 0 Å². The number of nitro groups is 1. The van der Waals surface area contributed by atoms with E-state index in [0.29, 0.717) is 5.69 Å². The number of amides is 1. The minimum Gasteiger partial charge on any atom is -0.370 e. The van der Waals surface area contributed by atoms with E-state index in [2.05, 4.69) is 10.2 Å². The summed E-state index contributed by atoms with van der Waals surface area (Å²) in [5, 5.41) is 13.8. The fourth-order valence-corrected chi connectivity index (χ4v) is 2.99. The lowest BCUT2D eigenvalue weighted by Crippen LogP contribution is -2.21. The van der Waals surface area contributed by atoms with Crippen molar-refractivity contribution in [3.8, 4) is 0 Å². The molecule has 124 valence electrons. The van der Waals surface area contributed by atoms with E-state index in [0.717, 1.165) is 31.6 Å². The molecular weight excluding hydrogens is 330 g/mol. The standard InChI is InChI=1S/C17H16ClN3O3/c18-13-8-7-12(11-16(13)21(23)24)17(22)19-14-5-1-2-6-15(14)20-9-3-4-10-20/h1-2,5-8,11H,3-4,9-10H2,(H,19,22). The molecule has 3 rings (SSSR count). The molecule has 0 unspecified atom stereocenters. The molecule has 6 nitrogen and oxygen atoms in total. The van der Waals surface area contributed by atoms with Crippen LogP contribution in [0.1, 0.15) is 23.2 Å². The highest BCUT2D eigenvalue weighted by Gasteiger charge is 2.19. The van der Waals surface area contributed by atoms with Gasteiger partial charge in [-0.1, -0.05) is 23.7 Å². The zero-order valence-electron chi connectivity index (χ0n) is 12.9. The number of hydrogen-bond donors (Lipinski definition) is 1. The van der Waals surface area contributed by atoms with Gasteiger partial charge in [-0.2, -0.15) is 0 Å². The van der Waals surface area contributed by atoms with E-state index in [1.54, 1.807) is 0 Å². The first-order chi connectivity index (χ1) is 11.6. The van der Waals surface area contributed by atoms with Gasteiger partial charge in [0.05, 0.1) is 16.3 Å². The van der Waals surface area contributed by atoms with Crippen LogP contribution in [0.2, 0.25) is 5.02 Å². The second-order valence-electron chi connectivity index (χ2n) is 5.59. The van der Waals surface area contributed by atoms with Crippen molar-refractivity contribution < 1.29 is 9.72 Å². The van der Waals surface area contributed by atoms with Gasteiger partial charge in [0.25, 0.3) is 11.6 Å². The Kier molecular flexibility index (Phi) is 4.66. The molecule has 1 saturated heterocycles. The molecule has 1 N–H and O–H groups in total. The van der Waals surface area contributed by atoms with Crippen molar-refractivity contribution >= 4 is 34.6 Å². The number of hydrogen-bond acceptors (Lipinski definition) is 4. The van der Waals surface area contributed by atoms with Gasteiger partial charge >= 0.3 is 0 Å². The average Bonchev–Trinajstić information content (AvgIpc) is 3.09. The quantitative estimate of drug-likeness (QED) is 0.668. The number of para-hydroxylation sites is 2. The van der Waals surface area contributed by atoms with E-state index in [-0.39, 0.29) is 16.3 Å². The fourth-order valence-electron chi connectivity index (χ4n) is 2.80. The van der Waals surface area contributed by atoms with Crippen molar-refractivity contribution in [1.82, 2.24) is 0 Å². The lowest BCUT2D eigenvalue weighted by atomic mass is 10.1. The normalized spacial score (nSPS) is 13.8. The molecule has 1 amide bonds. The SMILES string of the molecule is O=C(Nc1ccccc1N1CCCC1)c1ccc(Cl)c([N+](=O)[O-])c1. The minimum atomic E-state index is -0.600. The maximum absolute atomic E-state index is 12.5. The maximum atomic E-state index is 12.5. The number of rotatable bonds is 4. The predicted molar refractivity (Wildman–Crippen MR) is 93.9 cm³/mol. The summed E-state index contributed by atoms with van der Waals surface area (Å²) in [7, 11) is 0. The lowest BCUT2D eigenvalue weighted by molar-refractivity contribution is -0.384. The third kappa shape index (κ3) is 3.33. The molecule has 0 saturated carbocycles. The van der Waals surface area contributed by atoms with Crippen LogP contribution in [0.15, 0.2) is 42.5 Å².